The number of aliphatic hydroxyl groups is 1. The first kappa shape index (κ1) is 10.3. The molecular weight excluding hydrogens is 142 g/mol. The number of rotatable bonds is 4. The molecule has 0 fully saturated rings. The van der Waals surface area contributed by atoms with Crippen molar-refractivity contribution in [3.63, 3.8) is 0 Å². The standard InChI is InChI=1S/C8H15NO2/c1-5(4-9)8(11)6(2)7(3)10/h4-6,8-9,11H,1-3H3/t5-,6-,8-/m1/s1. The van der Waals surface area contributed by atoms with Crippen molar-refractivity contribution in [1.82, 2.24) is 0 Å². The Labute approximate surface area is 66.9 Å². The molecular formula is C8H15NO2. The van der Waals surface area contributed by atoms with Gasteiger partial charge in [0.15, 0.2) is 0 Å². The highest BCUT2D eigenvalue weighted by molar-refractivity contribution is 5.79. The molecule has 3 heteroatoms. The summed E-state index contributed by atoms with van der Waals surface area (Å²) in [6, 6.07) is 0. The molecule has 0 saturated carbocycles. The van der Waals surface area contributed by atoms with Gasteiger partial charge in [-0.3, -0.25) is 4.79 Å². The minimum Gasteiger partial charge on any atom is -0.392 e. The maximum atomic E-state index is 10.8. The van der Waals surface area contributed by atoms with Crippen molar-refractivity contribution in [2.75, 3.05) is 0 Å². The Balaban J connectivity index is 4.11. The highest BCUT2D eigenvalue weighted by Crippen LogP contribution is 2.11. The smallest absolute Gasteiger partial charge is 0.135 e. The van der Waals surface area contributed by atoms with Crippen LogP contribution in [-0.4, -0.2) is 23.2 Å². The fourth-order valence-electron chi connectivity index (χ4n) is 0.794. The van der Waals surface area contributed by atoms with E-state index in [2.05, 4.69) is 0 Å². The maximum absolute atomic E-state index is 10.8. The van der Waals surface area contributed by atoms with E-state index in [1.165, 1.54) is 6.92 Å². The third kappa shape index (κ3) is 2.80. The van der Waals surface area contributed by atoms with E-state index >= 15 is 0 Å². The Morgan fingerprint density at radius 1 is 1.55 bits per heavy atom. The van der Waals surface area contributed by atoms with E-state index in [0.717, 1.165) is 6.21 Å². The molecule has 3 atom stereocenters. The summed E-state index contributed by atoms with van der Waals surface area (Å²) in [6.45, 7) is 4.84. The van der Waals surface area contributed by atoms with E-state index in [9.17, 15) is 9.90 Å². The second-order valence-electron chi connectivity index (χ2n) is 2.92. The van der Waals surface area contributed by atoms with Crippen LogP contribution in [0.15, 0.2) is 0 Å². The summed E-state index contributed by atoms with van der Waals surface area (Å²) in [5.41, 5.74) is 0. The summed E-state index contributed by atoms with van der Waals surface area (Å²) in [5.74, 6) is -0.647. The van der Waals surface area contributed by atoms with Gasteiger partial charge in [-0.15, -0.1) is 0 Å². The molecule has 3 nitrogen and oxygen atoms in total. The first-order valence-electron chi connectivity index (χ1n) is 3.69. The fraction of sp³-hybridized carbons (Fsp3) is 0.750. The lowest BCUT2D eigenvalue weighted by atomic mass is 9.92. The van der Waals surface area contributed by atoms with E-state index in [1.54, 1.807) is 13.8 Å². The number of aliphatic hydroxyl groups excluding tert-OH is 1. The largest absolute Gasteiger partial charge is 0.392 e. The zero-order valence-corrected chi connectivity index (χ0v) is 7.16. The minimum atomic E-state index is -0.718. The van der Waals surface area contributed by atoms with Gasteiger partial charge in [-0.2, -0.15) is 0 Å². The number of ketones is 1. The topological polar surface area (TPSA) is 61.1 Å². The summed E-state index contributed by atoms with van der Waals surface area (Å²) in [5, 5.41) is 16.3. The van der Waals surface area contributed by atoms with Crippen LogP contribution in [0.25, 0.3) is 0 Å². The number of hydrogen-bond donors (Lipinski definition) is 2. The Morgan fingerprint density at radius 3 is 2.27 bits per heavy atom. The van der Waals surface area contributed by atoms with Crippen molar-refractivity contribution in [2.24, 2.45) is 11.8 Å². The van der Waals surface area contributed by atoms with Crippen LogP contribution < -0.4 is 0 Å². The summed E-state index contributed by atoms with van der Waals surface area (Å²) >= 11 is 0. The normalized spacial score (nSPS) is 18.5. The number of hydrogen-bond acceptors (Lipinski definition) is 3. The van der Waals surface area contributed by atoms with Crippen LogP contribution in [0.5, 0.6) is 0 Å². The molecule has 11 heavy (non-hydrogen) atoms. The van der Waals surface area contributed by atoms with Gasteiger partial charge in [0.1, 0.15) is 5.78 Å². The molecule has 0 aromatic carbocycles. The summed E-state index contributed by atoms with van der Waals surface area (Å²) in [7, 11) is 0. The first-order chi connectivity index (χ1) is 5.00. The van der Waals surface area contributed by atoms with Gasteiger partial charge in [-0.05, 0) is 6.92 Å². The molecule has 0 aliphatic heterocycles. The van der Waals surface area contributed by atoms with Gasteiger partial charge >= 0.3 is 0 Å². The van der Waals surface area contributed by atoms with E-state index < -0.39 is 6.10 Å². The Morgan fingerprint density at radius 2 is 2.00 bits per heavy atom. The Bertz CT molecular complexity index is 156. The van der Waals surface area contributed by atoms with E-state index in [1.807, 2.05) is 0 Å². The molecule has 0 rings (SSSR count). The molecule has 64 valence electrons. The summed E-state index contributed by atoms with van der Waals surface area (Å²) in [4.78, 5) is 10.8. The van der Waals surface area contributed by atoms with E-state index in [0.29, 0.717) is 0 Å². The molecule has 0 unspecified atom stereocenters. The molecule has 0 aromatic rings. The maximum Gasteiger partial charge on any atom is 0.135 e. The van der Waals surface area contributed by atoms with Crippen molar-refractivity contribution < 1.29 is 9.90 Å². The average Bonchev–Trinajstić information content (AvgIpc) is 2.00. The minimum absolute atomic E-state index is 0.0359. The molecule has 0 aliphatic rings. The van der Waals surface area contributed by atoms with Crippen LogP contribution in [-0.2, 0) is 4.79 Å². The predicted molar refractivity (Wildman–Crippen MR) is 43.8 cm³/mol. The van der Waals surface area contributed by atoms with Gasteiger partial charge < -0.3 is 10.5 Å². The van der Waals surface area contributed by atoms with Crippen LogP contribution in [0.1, 0.15) is 20.8 Å². The van der Waals surface area contributed by atoms with Crippen molar-refractivity contribution in [1.29, 1.82) is 5.41 Å². The molecule has 0 bridgehead atoms. The number of Topliss-reactive ketones (excluding diaryl/α,β-unsaturated/α-hetero) is 1. The number of carbonyl (C=O) groups is 1. The van der Waals surface area contributed by atoms with Crippen molar-refractivity contribution in [3.05, 3.63) is 0 Å². The van der Waals surface area contributed by atoms with Crippen LogP contribution in [0, 0.1) is 17.2 Å². The van der Waals surface area contributed by atoms with Gasteiger partial charge in [0.2, 0.25) is 0 Å². The number of nitrogens with one attached hydrogen (secondary N) is 1. The molecule has 0 saturated heterocycles. The molecule has 0 radical (unpaired) electrons. The molecule has 0 amide bonds. The highest BCUT2D eigenvalue weighted by Gasteiger charge is 2.22. The van der Waals surface area contributed by atoms with Crippen molar-refractivity contribution >= 4 is 12.0 Å². The first-order valence-corrected chi connectivity index (χ1v) is 3.69. The van der Waals surface area contributed by atoms with Gasteiger partial charge in [0.25, 0.3) is 0 Å². The average molecular weight is 157 g/mol. The van der Waals surface area contributed by atoms with Gasteiger partial charge in [0, 0.05) is 18.1 Å². The van der Waals surface area contributed by atoms with Gasteiger partial charge in [-0.1, -0.05) is 13.8 Å². The monoisotopic (exact) mass is 157 g/mol. The number of carbonyl (C=O) groups excluding carboxylic acids is 1. The van der Waals surface area contributed by atoms with Crippen LogP contribution in [0.2, 0.25) is 0 Å². The lowest BCUT2D eigenvalue weighted by Crippen LogP contribution is -2.30. The second-order valence-corrected chi connectivity index (χ2v) is 2.92. The van der Waals surface area contributed by atoms with E-state index in [4.69, 9.17) is 5.41 Å². The molecule has 2 N–H and O–H groups in total. The summed E-state index contributed by atoms with van der Waals surface area (Å²) < 4.78 is 0. The van der Waals surface area contributed by atoms with Gasteiger partial charge in [-0.25, -0.2) is 0 Å². The fourth-order valence-corrected chi connectivity index (χ4v) is 0.794. The SMILES string of the molecule is CC(=O)[C@@H](C)[C@H](O)[C@H](C)C=N. The third-order valence-electron chi connectivity index (χ3n) is 1.96. The zero-order chi connectivity index (χ0) is 9.02. The molecule has 0 aliphatic carbocycles. The lowest BCUT2D eigenvalue weighted by molar-refractivity contribution is -0.123. The van der Waals surface area contributed by atoms with Crippen LogP contribution in [0.3, 0.4) is 0 Å². The quantitative estimate of drug-likeness (QED) is 0.594. The highest BCUT2D eigenvalue weighted by atomic mass is 16.3. The van der Waals surface area contributed by atoms with Crippen molar-refractivity contribution in [3.8, 4) is 0 Å². The molecule has 0 heterocycles. The van der Waals surface area contributed by atoms with Crippen LogP contribution in [0.4, 0.5) is 0 Å². The molecule has 0 spiro atoms. The zero-order valence-electron chi connectivity index (χ0n) is 7.16. The Kier molecular flexibility index (Phi) is 3.97. The Hall–Kier alpha value is -0.700. The second kappa shape index (κ2) is 4.23. The third-order valence-corrected chi connectivity index (χ3v) is 1.96. The molecule has 0 aromatic heterocycles. The van der Waals surface area contributed by atoms with Crippen LogP contribution >= 0.6 is 0 Å². The van der Waals surface area contributed by atoms with Crippen molar-refractivity contribution in [2.45, 2.75) is 26.9 Å². The predicted octanol–water partition coefficient (Wildman–Crippen LogP) is 0.858. The van der Waals surface area contributed by atoms with E-state index in [-0.39, 0.29) is 17.6 Å². The lowest BCUT2D eigenvalue weighted by Gasteiger charge is -2.19. The summed E-state index contributed by atoms with van der Waals surface area (Å²) in [6.07, 6.45) is 0.439. The van der Waals surface area contributed by atoms with Gasteiger partial charge in [0.05, 0.1) is 6.10 Å².